The lowest BCUT2D eigenvalue weighted by atomic mass is 9.98. The molecule has 3 heterocycles. The molecule has 0 saturated carbocycles. The second kappa shape index (κ2) is 12.1. The van der Waals surface area contributed by atoms with E-state index < -0.39 is 0 Å². The van der Waals surface area contributed by atoms with Gasteiger partial charge in [-0.05, 0) is 62.2 Å². The van der Waals surface area contributed by atoms with Crippen LogP contribution < -0.4 is 14.4 Å². The average Bonchev–Trinajstić information content (AvgIpc) is 3.46. The van der Waals surface area contributed by atoms with Gasteiger partial charge in [-0.3, -0.25) is 24.1 Å². The maximum atomic E-state index is 13.1. The topological polar surface area (TPSA) is 116 Å². The minimum Gasteiger partial charge on any atom is -0.485 e. The van der Waals surface area contributed by atoms with Crippen molar-refractivity contribution in [1.82, 2.24) is 4.90 Å². The van der Waals surface area contributed by atoms with Crippen molar-refractivity contribution in [2.75, 3.05) is 37.8 Å². The van der Waals surface area contributed by atoms with Gasteiger partial charge in [0.15, 0.2) is 24.8 Å². The van der Waals surface area contributed by atoms with Crippen LogP contribution in [0.4, 0.5) is 5.69 Å². The van der Waals surface area contributed by atoms with Crippen molar-refractivity contribution < 1.29 is 37.8 Å². The number of carbonyl (C=O) groups excluding carboxylic acids is 4. The number of ether oxygens (including phenoxy) is 3. The van der Waals surface area contributed by atoms with E-state index in [1.54, 1.807) is 54.3 Å². The summed E-state index contributed by atoms with van der Waals surface area (Å²) in [5.41, 5.74) is 0.800. The average molecular weight is 547 g/mol. The van der Waals surface area contributed by atoms with Crippen LogP contribution in [0.15, 0.2) is 65.1 Å². The molecule has 2 aromatic carbocycles. The van der Waals surface area contributed by atoms with Crippen LogP contribution in [0.3, 0.4) is 0 Å². The van der Waals surface area contributed by atoms with Crippen LogP contribution in [0.1, 0.15) is 46.4 Å². The Bertz CT molecular complexity index is 1400. The van der Waals surface area contributed by atoms with Gasteiger partial charge in [0.05, 0.1) is 24.8 Å². The number of ketones is 1. The Morgan fingerprint density at radius 2 is 1.88 bits per heavy atom. The van der Waals surface area contributed by atoms with Gasteiger partial charge in [0.25, 0.3) is 11.8 Å². The lowest BCUT2D eigenvalue weighted by molar-refractivity contribution is -0.149. The Balaban J connectivity index is 1.27. The number of Topliss-reactive ketones (excluding diaryl/α,β-unsaturated/α-hetero) is 1. The summed E-state index contributed by atoms with van der Waals surface area (Å²) in [7, 11) is 0. The predicted molar refractivity (Wildman–Crippen MR) is 143 cm³/mol. The molecule has 2 amide bonds. The Morgan fingerprint density at radius 1 is 1.05 bits per heavy atom. The first-order valence-electron chi connectivity index (χ1n) is 13.3. The lowest BCUT2D eigenvalue weighted by Gasteiger charge is -2.31. The van der Waals surface area contributed by atoms with Crippen LogP contribution in [0.2, 0.25) is 0 Å². The van der Waals surface area contributed by atoms with Gasteiger partial charge in [-0.2, -0.15) is 0 Å². The molecule has 1 atom stereocenters. The highest BCUT2D eigenvalue weighted by atomic mass is 16.5. The molecule has 0 radical (unpaired) electrons. The number of likely N-dealkylation sites (tertiary alicyclic amines) is 1. The van der Waals surface area contributed by atoms with Gasteiger partial charge in [-0.15, -0.1) is 0 Å². The second-order valence-electron chi connectivity index (χ2n) is 9.58. The highest BCUT2D eigenvalue weighted by Gasteiger charge is 2.32. The summed E-state index contributed by atoms with van der Waals surface area (Å²) in [6, 6.07) is 17.1. The summed E-state index contributed by atoms with van der Waals surface area (Å²) in [4.78, 5) is 54.0. The Labute approximate surface area is 231 Å². The normalized spacial score (nSPS) is 16.6. The third-order valence-electron chi connectivity index (χ3n) is 6.85. The largest absolute Gasteiger partial charge is 0.485 e. The molecule has 5 rings (SSSR count). The summed E-state index contributed by atoms with van der Waals surface area (Å²) < 4.78 is 22.1. The lowest BCUT2D eigenvalue weighted by Crippen LogP contribution is -2.42. The summed E-state index contributed by atoms with van der Waals surface area (Å²) >= 11 is 0. The summed E-state index contributed by atoms with van der Waals surface area (Å²) in [5, 5.41) is 0. The molecule has 3 aromatic rings. The third kappa shape index (κ3) is 6.01. The van der Waals surface area contributed by atoms with Crippen molar-refractivity contribution in [2.45, 2.75) is 26.3 Å². The molecule has 208 valence electrons. The van der Waals surface area contributed by atoms with Gasteiger partial charge in [0, 0.05) is 18.7 Å². The molecule has 1 unspecified atom stereocenters. The van der Waals surface area contributed by atoms with Crippen molar-refractivity contribution in [2.24, 2.45) is 5.92 Å². The molecule has 0 spiro atoms. The maximum Gasteiger partial charge on any atom is 0.310 e. The molecule has 1 aromatic heterocycles. The SMILES string of the molecule is CCOC(=O)C1CCCN(C(=O)c2ccc(CN3C(=O)COc4ccc(C(=O)COc5ccccc5)cc43)o2)C1. The second-order valence-corrected chi connectivity index (χ2v) is 9.58. The first-order valence-corrected chi connectivity index (χ1v) is 13.3. The number of hydrogen-bond acceptors (Lipinski definition) is 8. The van der Waals surface area contributed by atoms with Gasteiger partial charge in [-0.1, -0.05) is 18.2 Å². The molecule has 1 saturated heterocycles. The predicted octanol–water partition coefficient (Wildman–Crippen LogP) is 3.88. The minimum atomic E-state index is -0.357. The zero-order valence-corrected chi connectivity index (χ0v) is 22.2. The van der Waals surface area contributed by atoms with Gasteiger partial charge in [0.2, 0.25) is 0 Å². The fourth-order valence-electron chi connectivity index (χ4n) is 4.80. The number of fused-ring (bicyclic) bond motifs is 1. The highest BCUT2D eigenvalue weighted by molar-refractivity contribution is 6.02. The van der Waals surface area contributed by atoms with E-state index in [9.17, 15) is 19.2 Å². The van der Waals surface area contributed by atoms with E-state index >= 15 is 0 Å². The van der Waals surface area contributed by atoms with Gasteiger partial charge in [-0.25, -0.2) is 0 Å². The zero-order valence-electron chi connectivity index (χ0n) is 22.2. The zero-order chi connectivity index (χ0) is 28.1. The van der Waals surface area contributed by atoms with Crippen LogP contribution in [-0.4, -0.2) is 61.4 Å². The first-order chi connectivity index (χ1) is 19.4. The molecule has 0 aliphatic carbocycles. The first kappa shape index (κ1) is 27.0. The molecular formula is C30H30N2O8. The minimum absolute atomic E-state index is 0.0477. The number of amides is 2. The van der Waals surface area contributed by atoms with E-state index in [4.69, 9.17) is 18.6 Å². The van der Waals surface area contributed by atoms with Crippen LogP contribution in [0.5, 0.6) is 11.5 Å². The molecule has 0 N–H and O–H groups in total. The number of furan rings is 1. The fourth-order valence-corrected chi connectivity index (χ4v) is 4.80. The molecule has 10 heteroatoms. The quantitative estimate of drug-likeness (QED) is 0.293. The Morgan fingerprint density at radius 3 is 2.67 bits per heavy atom. The van der Waals surface area contributed by atoms with E-state index in [1.807, 2.05) is 18.2 Å². The summed E-state index contributed by atoms with van der Waals surface area (Å²) in [6.07, 6.45) is 1.37. The molecule has 10 nitrogen and oxygen atoms in total. The van der Waals surface area contributed by atoms with E-state index in [-0.39, 0.29) is 61.5 Å². The van der Waals surface area contributed by atoms with Crippen molar-refractivity contribution in [3.63, 3.8) is 0 Å². The maximum absolute atomic E-state index is 13.1. The summed E-state index contributed by atoms with van der Waals surface area (Å²) in [6.45, 7) is 2.57. The number of benzene rings is 2. The highest BCUT2D eigenvalue weighted by Crippen LogP contribution is 2.34. The number of hydrogen-bond donors (Lipinski definition) is 0. The number of para-hydroxylation sites is 1. The van der Waals surface area contributed by atoms with Crippen molar-refractivity contribution >= 4 is 29.3 Å². The fraction of sp³-hybridized carbons (Fsp3) is 0.333. The molecule has 40 heavy (non-hydrogen) atoms. The summed E-state index contributed by atoms with van der Waals surface area (Å²) in [5.74, 6) is 0.0294. The number of nitrogens with zero attached hydrogens (tertiary/aromatic N) is 2. The number of esters is 1. The van der Waals surface area contributed by atoms with Crippen molar-refractivity contribution in [3.8, 4) is 11.5 Å². The molecule has 2 aliphatic heterocycles. The van der Waals surface area contributed by atoms with Gasteiger partial charge >= 0.3 is 5.97 Å². The van der Waals surface area contributed by atoms with E-state index in [2.05, 4.69) is 0 Å². The number of piperidine rings is 1. The third-order valence-corrected chi connectivity index (χ3v) is 6.85. The molecule has 1 fully saturated rings. The molecule has 2 aliphatic rings. The Hall–Kier alpha value is -4.60. The standard InChI is InChI=1S/C30H30N2O8/c1-2-37-30(36)21-7-6-14-31(16-21)29(35)27-13-11-23(40-27)17-32-24-15-20(10-12-26(24)39-19-28(32)34)25(33)18-38-22-8-4-3-5-9-22/h3-5,8-13,15,21H,2,6-7,14,16-19H2,1H3. The van der Waals surface area contributed by atoms with Crippen LogP contribution >= 0.6 is 0 Å². The molecular weight excluding hydrogens is 516 g/mol. The number of rotatable bonds is 9. The van der Waals surface area contributed by atoms with E-state index in [0.717, 1.165) is 0 Å². The van der Waals surface area contributed by atoms with Crippen LogP contribution in [0.25, 0.3) is 0 Å². The van der Waals surface area contributed by atoms with Crippen LogP contribution in [-0.2, 0) is 20.9 Å². The van der Waals surface area contributed by atoms with Crippen molar-refractivity contribution in [1.29, 1.82) is 0 Å². The smallest absolute Gasteiger partial charge is 0.310 e. The van der Waals surface area contributed by atoms with Gasteiger partial charge < -0.3 is 23.5 Å². The van der Waals surface area contributed by atoms with Gasteiger partial charge in [0.1, 0.15) is 17.3 Å². The molecule has 0 bridgehead atoms. The Kier molecular flexibility index (Phi) is 8.14. The monoisotopic (exact) mass is 546 g/mol. The van der Waals surface area contributed by atoms with E-state index in [0.29, 0.717) is 54.5 Å². The number of carbonyl (C=O) groups is 4. The van der Waals surface area contributed by atoms with Crippen LogP contribution in [0, 0.1) is 5.92 Å². The number of anilines is 1. The van der Waals surface area contributed by atoms with E-state index in [1.165, 1.54) is 4.90 Å². The van der Waals surface area contributed by atoms with Crippen molar-refractivity contribution in [3.05, 3.63) is 77.7 Å².